The number of benzene rings is 4. The van der Waals surface area contributed by atoms with E-state index in [1.54, 1.807) is 0 Å². The molecule has 235 valence electrons. The minimum atomic E-state index is 0. The van der Waals surface area contributed by atoms with Gasteiger partial charge in [0.25, 0.3) is 0 Å². The van der Waals surface area contributed by atoms with E-state index in [9.17, 15) is 0 Å². The molecule has 2 aliphatic rings. The Morgan fingerprint density at radius 3 is 1.49 bits per heavy atom. The first-order chi connectivity index (χ1) is 23.8. The number of H-pyrrole nitrogens is 2. The maximum Gasteiger partial charge on any atom is 0.0815 e. The van der Waals surface area contributed by atoms with E-state index in [1.807, 2.05) is 0 Å². The molecule has 8 bridgehead atoms. The molecule has 4 nitrogen and oxygen atoms in total. The van der Waals surface area contributed by atoms with Gasteiger partial charge in [-0.25, -0.2) is 9.97 Å². The summed E-state index contributed by atoms with van der Waals surface area (Å²) in [6.45, 7) is 0. The second-order valence-electron chi connectivity index (χ2n) is 12.0. The number of rotatable bonds is 4. The third-order valence-corrected chi connectivity index (χ3v) is 8.89. The molecule has 0 aliphatic carbocycles. The minimum Gasteiger partial charge on any atom is -0.355 e. The maximum absolute atomic E-state index is 5.42. The topological polar surface area (TPSA) is 57.4 Å². The molecule has 2 N–H and O–H groups in total. The molecular weight excluding hydrogens is 687 g/mol. The largest absolute Gasteiger partial charge is 0.355 e. The first kappa shape index (κ1) is 30.4. The van der Waals surface area contributed by atoms with Gasteiger partial charge in [-0.2, -0.15) is 0 Å². The molecule has 1 radical (unpaired) electrons. The Labute approximate surface area is 297 Å². The van der Waals surface area contributed by atoms with E-state index in [-0.39, 0.29) is 19.5 Å². The van der Waals surface area contributed by atoms with Crippen LogP contribution in [0, 0.1) is 0 Å². The molecule has 7 aromatic rings. The monoisotopic (exact) mass is 717 g/mol. The van der Waals surface area contributed by atoms with Crippen LogP contribution in [0.4, 0.5) is 0 Å². The van der Waals surface area contributed by atoms with Gasteiger partial charge in [0, 0.05) is 58.3 Å². The van der Waals surface area contributed by atoms with E-state index in [0.717, 1.165) is 89.4 Å². The van der Waals surface area contributed by atoms with Crippen LogP contribution in [0.2, 0.25) is 0 Å². The Balaban J connectivity index is 0.00000348. The zero-order valence-corrected chi connectivity index (χ0v) is 28.0. The number of nitrogens with zero attached hydrogens (tertiary/aromatic N) is 2. The van der Waals surface area contributed by atoms with Crippen molar-refractivity contribution in [1.82, 2.24) is 19.9 Å². The van der Waals surface area contributed by atoms with E-state index in [1.165, 1.54) is 0 Å². The predicted molar refractivity (Wildman–Crippen MR) is 200 cm³/mol. The zero-order valence-electron chi connectivity index (χ0n) is 26.4. The van der Waals surface area contributed by atoms with Crippen LogP contribution >= 0.6 is 0 Å². The van der Waals surface area contributed by atoms with Crippen LogP contribution in [0.5, 0.6) is 0 Å². The molecule has 0 unspecified atom stereocenters. The molecule has 0 saturated heterocycles. The summed E-state index contributed by atoms with van der Waals surface area (Å²) in [5, 5.41) is 0. The van der Waals surface area contributed by atoms with Crippen molar-refractivity contribution < 1.29 is 19.5 Å². The number of aromatic nitrogens is 4. The third kappa shape index (κ3) is 5.79. The van der Waals surface area contributed by atoms with Gasteiger partial charge < -0.3 is 9.97 Å². The first-order valence-electron chi connectivity index (χ1n) is 16.2. The van der Waals surface area contributed by atoms with Crippen molar-refractivity contribution in [1.29, 1.82) is 0 Å². The molecule has 3 aromatic heterocycles. The summed E-state index contributed by atoms with van der Waals surface area (Å²) >= 11 is 0. The summed E-state index contributed by atoms with van der Waals surface area (Å²) in [7, 11) is 0. The molecule has 0 spiro atoms. The fourth-order valence-electron chi connectivity index (χ4n) is 6.78. The number of aromatic amines is 2. The molecule has 9 rings (SSSR count). The second kappa shape index (κ2) is 13.0. The fourth-order valence-corrected chi connectivity index (χ4v) is 6.78. The van der Waals surface area contributed by atoms with Gasteiger partial charge in [0.05, 0.1) is 28.3 Å². The SMILES string of the molecule is C1=Cc2cc3[nH]c(c(-c4ccccc4)c4nc(cc5ccc(cc1n2)[nH]5)C=C4c1ccccc1)c(-c1ccccc1)c3-c1ccccc1.[Rh]. The maximum atomic E-state index is 5.42. The van der Waals surface area contributed by atoms with Crippen LogP contribution in [-0.2, 0) is 19.5 Å². The van der Waals surface area contributed by atoms with Gasteiger partial charge in [-0.15, -0.1) is 0 Å². The summed E-state index contributed by atoms with van der Waals surface area (Å²) in [6.07, 6.45) is 6.35. The van der Waals surface area contributed by atoms with Crippen molar-refractivity contribution in [3.05, 3.63) is 180 Å². The Morgan fingerprint density at radius 1 is 0.408 bits per heavy atom. The molecule has 5 heteroatoms. The smallest absolute Gasteiger partial charge is 0.0815 e. The summed E-state index contributed by atoms with van der Waals surface area (Å²) in [6, 6.07) is 53.0. The number of fused-ring (bicyclic) bond motifs is 8. The van der Waals surface area contributed by atoms with Crippen LogP contribution in [0.25, 0.3) is 79.2 Å². The average Bonchev–Trinajstić information content (AvgIpc) is 3.94. The summed E-state index contributed by atoms with van der Waals surface area (Å²) in [5.74, 6) is 0. The quantitative estimate of drug-likeness (QED) is 0.178. The van der Waals surface area contributed by atoms with Crippen LogP contribution < -0.4 is 0 Å². The third-order valence-electron chi connectivity index (χ3n) is 8.89. The van der Waals surface area contributed by atoms with Crippen molar-refractivity contribution in [2.24, 2.45) is 0 Å². The Bertz CT molecular complexity index is 2530. The van der Waals surface area contributed by atoms with Crippen molar-refractivity contribution in [2.45, 2.75) is 0 Å². The Morgan fingerprint density at radius 2 is 0.898 bits per heavy atom. The van der Waals surface area contributed by atoms with Crippen LogP contribution in [-0.4, -0.2) is 19.9 Å². The molecule has 0 amide bonds. The van der Waals surface area contributed by atoms with E-state index < -0.39 is 0 Å². The molecular formula is C44H30N4Rh. The van der Waals surface area contributed by atoms with E-state index in [2.05, 4.69) is 180 Å². The normalized spacial score (nSPS) is 12.0. The first-order valence-corrected chi connectivity index (χ1v) is 16.2. The van der Waals surface area contributed by atoms with Gasteiger partial charge >= 0.3 is 0 Å². The zero-order chi connectivity index (χ0) is 31.9. The average molecular weight is 718 g/mol. The van der Waals surface area contributed by atoms with Gasteiger partial charge in [0.1, 0.15) is 0 Å². The van der Waals surface area contributed by atoms with Crippen molar-refractivity contribution >= 4 is 45.9 Å². The summed E-state index contributed by atoms with van der Waals surface area (Å²) < 4.78 is 0. The van der Waals surface area contributed by atoms with Gasteiger partial charge in [-0.3, -0.25) is 0 Å². The molecule has 5 heterocycles. The molecule has 0 atom stereocenters. The standard InChI is InChI=1S/C44H30N4.Rh/c1-5-13-29(14-6-1)38-27-37-26-35-22-21-33(45-35)25-34-23-24-36(46-34)28-39-40(30-15-7-2-8-16-30)41(31-17-9-3-10-18-31)44(48-39)42(43(38)47-37)32-19-11-4-12-20-32;/h1-28,45,48H;. The Kier molecular flexibility index (Phi) is 8.05. The van der Waals surface area contributed by atoms with E-state index in [4.69, 9.17) is 9.97 Å². The predicted octanol–water partition coefficient (Wildman–Crippen LogP) is 11.1. The van der Waals surface area contributed by atoms with Crippen molar-refractivity contribution in [3.63, 3.8) is 0 Å². The minimum absolute atomic E-state index is 0. The van der Waals surface area contributed by atoms with Gasteiger partial charge in [0.15, 0.2) is 0 Å². The second-order valence-corrected chi connectivity index (χ2v) is 12.0. The summed E-state index contributed by atoms with van der Waals surface area (Å²) in [5.41, 5.74) is 16.3. The molecule has 49 heavy (non-hydrogen) atoms. The van der Waals surface area contributed by atoms with Gasteiger partial charge in [-0.1, -0.05) is 121 Å². The molecule has 0 saturated carbocycles. The molecule has 0 fully saturated rings. The van der Waals surface area contributed by atoms with Crippen molar-refractivity contribution in [2.75, 3.05) is 0 Å². The van der Waals surface area contributed by atoms with Crippen molar-refractivity contribution in [3.8, 4) is 33.4 Å². The summed E-state index contributed by atoms with van der Waals surface area (Å²) in [4.78, 5) is 17.9. The Hall–Kier alpha value is -5.90. The van der Waals surface area contributed by atoms with E-state index in [0.29, 0.717) is 0 Å². The fraction of sp³-hybridized carbons (Fsp3) is 0. The number of hydrogen-bond acceptors (Lipinski definition) is 2. The van der Waals surface area contributed by atoms with Gasteiger partial charge in [0.2, 0.25) is 0 Å². The number of nitrogens with one attached hydrogen (secondary N) is 2. The van der Waals surface area contributed by atoms with Gasteiger partial charge in [-0.05, 0) is 70.8 Å². The van der Waals surface area contributed by atoms with Crippen LogP contribution in [0.1, 0.15) is 28.3 Å². The molecule has 4 aromatic carbocycles. The number of hydrogen-bond donors (Lipinski definition) is 2. The van der Waals surface area contributed by atoms with E-state index >= 15 is 0 Å². The van der Waals surface area contributed by atoms with Crippen LogP contribution in [0.15, 0.2) is 152 Å². The molecule has 2 aliphatic heterocycles. The van der Waals surface area contributed by atoms with Crippen LogP contribution in [0.3, 0.4) is 0 Å².